The number of benzene rings is 1. The van der Waals surface area contributed by atoms with Gasteiger partial charge in [-0.3, -0.25) is 9.36 Å². The van der Waals surface area contributed by atoms with E-state index >= 15 is 0 Å². The molecule has 1 fully saturated rings. The Morgan fingerprint density at radius 1 is 1.25 bits per heavy atom. The van der Waals surface area contributed by atoms with Crippen molar-refractivity contribution in [2.45, 2.75) is 31.4 Å². The Morgan fingerprint density at radius 2 is 1.92 bits per heavy atom. The number of para-hydroxylation sites is 1. The van der Waals surface area contributed by atoms with Crippen molar-refractivity contribution < 1.29 is 19.0 Å². The number of anilines is 1. The molecule has 0 bridgehead atoms. The summed E-state index contributed by atoms with van der Waals surface area (Å²) in [4.78, 5) is 18.8. The molecule has 2 heterocycles. The SMILES string of the molecule is O=c1c2ccccc2nc(N2CCC(O)(C(F)F)CC2)n1CCO. The average Bonchev–Trinajstić information content (AvgIpc) is 2.58. The Labute approximate surface area is 137 Å². The molecule has 1 aromatic heterocycles. The van der Waals surface area contributed by atoms with Crippen LogP contribution in [0.15, 0.2) is 29.1 Å². The van der Waals surface area contributed by atoms with Crippen LogP contribution in [0.3, 0.4) is 0 Å². The van der Waals surface area contributed by atoms with Crippen LogP contribution in [0.25, 0.3) is 10.9 Å². The first-order chi connectivity index (χ1) is 11.5. The lowest BCUT2D eigenvalue weighted by atomic mass is 9.92. The molecule has 2 aromatic rings. The smallest absolute Gasteiger partial charge is 0.266 e. The molecule has 1 saturated heterocycles. The van der Waals surface area contributed by atoms with Crippen LogP contribution in [-0.2, 0) is 6.54 Å². The first-order valence-corrected chi connectivity index (χ1v) is 7.82. The van der Waals surface area contributed by atoms with Crippen molar-refractivity contribution >= 4 is 16.9 Å². The number of hydrogen-bond acceptors (Lipinski definition) is 5. The molecule has 24 heavy (non-hydrogen) atoms. The third kappa shape index (κ3) is 2.87. The van der Waals surface area contributed by atoms with E-state index in [2.05, 4.69) is 4.98 Å². The van der Waals surface area contributed by atoms with Crippen LogP contribution in [0.1, 0.15) is 12.8 Å². The van der Waals surface area contributed by atoms with E-state index in [0.29, 0.717) is 16.9 Å². The summed E-state index contributed by atoms with van der Waals surface area (Å²) in [6, 6.07) is 6.87. The zero-order valence-corrected chi connectivity index (χ0v) is 13.0. The predicted octanol–water partition coefficient (Wildman–Crippen LogP) is 0.985. The Kier molecular flexibility index (Phi) is 4.51. The van der Waals surface area contributed by atoms with E-state index < -0.39 is 12.0 Å². The van der Waals surface area contributed by atoms with Crippen molar-refractivity contribution in [1.82, 2.24) is 9.55 Å². The van der Waals surface area contributed by atoms with E-state index in [1.165, 1.54) is 4.57 Å². The number of piperidine rings is 1. The predicted molar refractivity (Wildman–Crippen MR) is 85.5 cm³/mol. The number of alkyl halides is 2. The summed E-state index contributed by atoms with van der Waals surface area (Å²) in [5.74, 6) is 0.337. The summed E-state index contributed by atoms with van der Waals surface area (Å²) < 4.78 is 27.2. The summed E-state index contributed by atoms with van der Waals surface area (Å²) in [7, 11) is 0. The number of hydrogen-bond donors (Lipinski definition) is 2. The van der Waals surface area contributed by atoms with Gasteiger partial charge >= 0.3 is 0 Å². The molecule has 0 unspecified atom stereocenters. The molecule has 0 saturated carbocycles. The van der Waals surface area contributed by atoms with Gasteiger partial charge in [-0.15, -0.1) is 0 Å². The molecule has 8 heteroatoms. The molecule has 0 amide bonds. The second-order valence-electron chi connectivity index (χ2n) is 6.00. The van der Waals surface area contributed by atoms with Gasteiger partial charge in [0.2, 0.25) is 5.95 Å². The highest BCUT2D eigenvalue weighted by molar-refractivity contribution is 5.78. The first kappa shape index (κ1) is 16.8. The Morgan fingerprint density at radius 3 is 2.54 bits per heavy atom. The Balaban J connectivity index is 2.00. The maximum Gasteiger partial charge on any atom is 0.266 e. The van der Waals surface area contributed by atoms with Crippen molar-refractivity contribution in [3.63, 3.8) is 0 Å². The number of aliphatic hydroxyl groups excluding tert-OH is 1. The molecule has 0 spiro atoms. The fourth-order valence-corrected chi connectivity index (χ4v) is 3.01. The van der Waals surface area contributed by atoms with Crippen LogP contribution < -0.4 is 10.5 Å². The molecular formula is C16H19F2N3O3. The van der Waals surface area contributed by atoms with Crippen molar-refractivity contribution in [1.29, 1.82) is 0 Å². The van der Waals surface area contributed by atoms with Crippen LogP contribution in [0.4, 0.5) is 14.7 Å². The van der Waals surface area contributed by atoms with E-state index in [4.69, 9.17) is 0 Å². The molecule has 0 aliphatic carbocycles. The van der Waals surface area contributed by atoms with E-state index in [0.717, 1.165) is 0 Å². The minimum absolute atomic E-state index is 0.0710. The number of rotatable bonds is 4. The van der Waals surface area contributed by atoms with Crippen LogP contribution in [-0.4, -0.2) is 51.5 Å². The highest BCUT2D eigenvalue weighted by Crippen LogP contribution is 2.30. The molecule has 3 rings (SSSR count). The van der Waals surface area contributed by atoms with Gasteiger partial charge in [-0.1, -0.05) is 12.1 Å². The van der Waals surface area contributed by atoms with E-state index in [1.54, 1.807) is 29.2 Å². The highest BCUT2D eigenvalue weighted by atomic mass is 19.3. The Hall–Kier alpha value is -2.06. The van der Waals surface area contributed by atoms with E-state index in [9.17, 15) is 23.8 Å². The summed E-state index contributed by atoms with van der Waals surface area (Å²) in [5, 5.41) is 19.6. The van der Waals surface area contributed by atoms with Gasteiger partial charge in [0, 0.05) is 13.1 Å². The second-order valence-corrected chi connectivity index (χ2v) is 6.00. The maximum absolute atomic E-state index is 12.9. The molecule has 1 aliphatic rings. The second kappa shape index (κ2) is 6.45. The standard InChI is InChI=1S/C16H19F2N3O3/c17-14(18)16(24)5-7-20(8-6-16)15-19-12-4-2-1-3-11(12)13(23)21(15)9-10-22/h1-4,14,22,24H,5-10H2. The van der Waals surface area contributed by atoms with Gasteiger partial charge in [0.1, 0.15) is 5.60 Å². The van der Waals surface area contributed by atoms with Gasteiger partial charge < -0.3 is 15.1 Å². The number of aliphatic hydroxyl groups is 2. The quantitative estimate of drug-likeness (QED) is 0.868. The highest BCUT2D eigenvalue weighted by Gasteiger charge is 2.41. The number of fused-ring (bicyclic) bond motifs is 1. The maximum atomic E-state index is 12.9. The first-order valence-electron chi connectivity index (χ1n) is 7.82. The zero-order chi connectivity index (χ0) is 17.3. The minimum atomic E-state index is -2.80. The summed E-state index contributed by atoms with van der Waals surface area (Å²) >= 11 is 0. The molecule has 1 aromatic carbocycles. The Bertz CT molecular complexity index is 786. The van der Waals surface area contributed by atoms with E-state index in [1.807, 2.05) is 0 Å². The van der Waals surface area contributed by atoms with Crippen molar-refractivity contribution in [2.75, 3.05) is 24.6 Å². The fraction of sp³-hybridized carbons (Fsp3) is 0.500. The normalized spacial score (nSPS) is 17.6. The lowest BCUT2D eigenvalue weighted by molar-refractivity contribution is -0.109. The third-order valence-corrected chi connectivity index (χ3v) is 4.48. The van der Waals surface area contributed by atoms with Gasteiger partial charge in [0.25, 0.3) is 12.0 Å². The molecule has 0 radical (unpaired) electrons. The summed E-state index contributed by atoms with van der Waals surface area (Å²) in [6.45, 7) is 0.164. The van der Waals surface area contributed by atoms with Crippen molar-refractivity contribution in [3.8, 4) is 0 Å². The van der Waals surface area contributed by atoms with Gasteiger partial charge in [-0.05, 0) is 25.0 Å². The van der Waals surface area contributed by atoms with Gasteiger partial charge in [-0.25, -0.2) is 13.8 Å². The number of nitrogens with zero attached hydrogens (tertiary/aromatic N) is 3. The van der Waals surface area contributed by atoms with Crippen LogP contribution >= 0.6 is 0 Å². The van der Waals surface area contributed by atoms with Crippen molar-refractivity contribution in [3.05, 3.63) is 34.6 Å². The monoisotopic (exact) mass is 339 g/mol. The van der Waals surface area contributed by atoms with Crippen LogP contribution in [0.5, 0.6) is 0 Å². The fourth-order valence-electron chi connectivity index (χ4n) is 3.01. The number of aromatic nitrogens is 2. The van der Waals surface area contributed by atoms with Gasteiger partial charge in [0.15, 0.2) is 0 Å². The minimum Gasteiger partial charge on any atom is -0.395 e. The number of halogens is 2. The van der Waals surface area contributed by atoms with Crippen molar-refractivity contribution in [2.24, 2.45) is 0 Å². The largest absolute Gasteiger partial charge is 0.395 e. The lowest BCUT2D eigenvalue weighted by Crippen LogP contribution is -2.50. The van der Waals surface area contributed by atoms with Gasteiger partial charge in [-0.2, -0.15) is 0 Å². The molecule has 130 valence electrons. The molecule has 1 aliphatic heterocycles. The lowest BCUT2D eigenvalue weighted by Gasteiger charge is -2.38. The van der Waals surface area contributed by atoms with Gasteiger partial charge in [0.05, 0.1) is 24.1 Å². The third-order valence-electron chi connectivity index (χ3n) is 4.48. The van der Waals surface area contributed by atoms with Crippen LogP contribution in [0.2, 0.25) is 0 Å². The van der Waals surface area contributed by atoms with E-state index in [-0.39, 0.29) is 44.6 Å². The molecule has 2 N–H and O–H groups in total. The van der Waals surface area contributed by atoms with Crippen LogP contribution in [0, 0.1) is 0 Å². The topological polar surface area (TPSA) is 78.6 Å². The molecular weight excluding hydrogens is 320 g/mol. The molecule has 6 nitrogen and oxygen atoms in total. The zero-order valence-electron chi connectivity index (χ0n) is 13.0. The summed E-state index contributed by atoms with van der Waals surface area (Å²) in [5.41, 5.74) is -1.75. The molecule has 0 atom stereocenters. The summed E-state index contributed by atoms with van der Waals surface area (Å²) in [6.07, 6.45) is -3.01. The average molecular weight is 339 g/mol.